The van der Waals surface area contributed by atoms with Gasteiger partial charge in [0.1, 0.15) is 0 Å². The molecule has 5 heteroatoms. The first kappa shape index (κ1) is 12.0. The molecule has 0 radical (unpaired) electrons. The van der Waals surface area contributed by atoms with E-state index in [9.17, 15) is 9.59 Å². The fourth-order valence-corrected chi connectivity index (χ4v) is 2.06. The highest BCUT2D eigenvalue weighted by atomic mass is 16.2. The van der Waals surface area contributed by atoms with Gasteiger partial charge >= 0.3 is 0 Å². The van der Waals surface area contributed by atoms with E-state index in [4.69, 9.17) is 11.5 Å². The Morgan fingerprint density at radius 3 is 2.67 bits per heavy atom. The Hall–Kier alpha value is -1.10. The number of carbonyl (C=O) groups is 2. The fourth-order valence-electron chi connectivity index (χ4n) is 2.06. The summed E-state index contributed by atoms with van der Waals surface area (Å²) < 4.78 is 0. The first-order valence-electron chi connectivity index (χ1n) is 5.39. The lowest BCUT2D eigenvalue weighted by molar-refractivity contribution is -0.128. The Morgan fingerprint density at radius 2 is 2.07 bits per heavy atom. The highest BCUT2D eigenvalue weighted by molar-refractivity contribution is 5.84. The number of nitrogens with two attached hydrogens (primary N) is 2. The number of nitrogens with one attached hydrogen (secondary N) is 1. The van der Waals surface area contributed by atoms with E-state index in [0.29, 0.717) is 12.5 Å². The molecule has 0 aliphatic heterocycles. The third-order valence-electron chi connectivity index (χ3n) is 2.92. The second-order valence-corrected chi connectivity index (χ2v) is 4.15. The van der Waals surface area contributed by atoms with E-state index in [0.717, 1.165) is 25.7 Å². The minimum absolute atomic E-state index is 0.00616. The van der Waals surface area contributed by atoms with Crippen molar-refractivity contribution in [3.63, 3.8) is 0 Å². The molecule has 15 heavy (non-hydrogen) atoms. The Morgan fingerprint density at radius 1 is 1.33 bits per heavy atom. The van der Waals surface area contributed by atoms with Gasteiger partial charge < -0.3 is 16.8 Å². The summed E-state index contributed by atoms with van der Waals surface area (Å²) in [6, 6.07) is 0. The van der Waals surface area contributed by atoms with Gasteiger partial charge in [0.05, 0.1) is 6.54 Å². The number of primary amides is 1. The van der Waals surface area contributed by atoms with E-state index < -0.39 is 5.91 Å². The molecule has 0 aromatic heterocycles. The van der Waals surface area contributed by atoms with Gasteiger partial charge in [-0.3, -0.25) is 9.59 Å². The second-order valence-electron chi connectivity index (χ2n) is 4.15. The normalized spacial score (nSPS) is 25.9. The standard InChI is InChI=1S/C10H19N3O2/c11-5-7-2-1-3-8(4-7)10(15)13-6-9(12)14/h7-8H,1-6,11H2,(H2,12,14)(H,13,15). The summed E-state index contributed by atoms with van der Waals surface area (Å²) in [7, 11) is 0. The maximum Gasteiger partial charge on any atom is 0.236 e. The van der Waals surface area contributed by atoms with Crippen LogP contribution in [0, 0.1) is 11.8 Å². The molecule has 1 rings (SSSR count). The van der Waals surface area contributed by atoms with Crippen molar-refractivity contribution in [2.45, 2.75) is 25.7 Å². The third kappa shape index (κ3) is 3.87. The van der Waals surface area contributed by atoms with E-state index in [1.54, 1.807) is 0 Å². The number of hydrogen-bond donors (Lipinski definition) is 3. The van der Waals surface area contributed by atoms with Gasteiger partial charge in [-0.2, -0.15) is 0 Å². The van der Waals surface area contributed by atoms with Gasteiger partial charge in [-0.1, -0.05) is 6.42 Å². The van der Waals surface area contributed by atoms with E-state index in [-0.39, 0.29) is 18.4 Å². The van der Waals surface area contributed by atoms with Crippen LogP contribution in [0.25, 0.3) is 0 Å². The summed E-state index contributed by atoms with van der Waals surface area (Å²) in [5.41, 5.74) is 10.5. The first-order valence-corrected chi connectivity index (χ1v) is 5.39. The largest absolute Gasteiger partial charge is 0.368 e. The fraction of sp³-hybridized carbons (Fsp3) is 0.800. The first-order chi connectivity index (χ1) is 7.13. The van der Waals surface area contributed by atoms with Crippen LogP contribution in [0.15, 0.2) is 0 Å². The topological polar surface area (TPSA) is 98.2 Å². The Kier molecular flexibility index (Phi) is 4.55. The van der Waals surface area contributed by atoms with Crippen LogP contribution >= 0.6 is 0 Å². The van der Waals surface area contributed by atoms with Crippen LogP contribution in [0.4, 0.5) is 0 Å². The molecule has 0 spiro atoms. The van der Waals surface area contributed by atoms with Gasteiger partial charge in [0.15, 0.2) is 0 Å². The lowest BCUT2D eigenvalue weighted by Crippen LogP contribution is -2.39. The van der Waals surface area contributed by atoms with Gasteiger partial charge in [-0.05, 0) is 31.7 Å². The lowest BCUT2D eigenvalue weighted by Gasteiger charge is -2.27. The van der Waals surface area contributed by atoms with Crippen LogP contribution in [-0.4, -0.2) is 24.9 Å². The van der Waals surface area contributed by atoms with Crippen molar-refractivity contribution >= 4 is 11.8 Å². The number of hydrogen-bond acceptors (Lipinski definition) is 3. The zero-order chi connectivity index (χ0) is 11.3. The van der Waals surface area contributed by atoms with Crippen LogP contribution in [0.3, 0.4) is 0 Å². The van der Waals surface area contributed by atoms with Gasteiger partial charge in [0.2, 0.25) is 11.8 Å². The highest BCUT2D eigenvalue weighted by Gasteiger charge is 2.26. The molecule has 5 nitrogen and oxygen atoms in total. The smallest absolute Gasteiger partial charge is 0.236 e. The van der Waals surface area contributed by atoms with Crippen LogP contribution in [0.5, 0.6) is 0 Å². The average Bonchev–Trinajstić information content (AvgIpc) is 2.26. The van der Waals surface area contributed by atoms with Crippen LogP contribution in [0.1, 0.15) is 25.7 Å². The molecule has 0 saturated heterocycles. The Labute approximate surface area is 89.6 Å². The summed E-state index contributed by atoms with van der Waals surface area (Å²) in [4.78, 5) is 22.1. The second kappa shape index (κ2) is 5.70. The van der Waals surface area contributed by atoms with Crippen molar-refractivity contribution in [2.24, 2.45) is 23.3 Å². The zero-order valence-corrected chi connectivity index (χ0v) is 8.87. The molecule has 5 N–H and O–H groups in total. The molecule has 0 bridgehead atoms. The predicted molar refractivity (Wildman–Crippen MR) is 56.7 cm³/mol. The van der Waals surface area contributed by atoms with Crippen LogP contribution in [0.2, 0.25) is 0 Å². The molecule has 86 valence electrons. The minimum Gasteiger partial charge on any atom is -0.368 e. The van der Waals surface area contributed by atoms with E-state index in [2.05, 4.69) is 5.32 Å². The van der Waals surface area contributed by atoms with E-state index >= 15 is 0 Å². The summed E-state index contributed by atoms with van der Waals surface area (Å²) in [5.74, 6) is -0.115. The molecule has 0 aromatic carbocycles. The third-order valence-corrected chi connectivity index (χ3v) is 2.92. The zero-order valence-electron chi connectivity index (χ0n) is 8.87. The molecule has 2 unspecified atom stereocenters. The van der Waals surface area contributed by atoms with Crippen molar-refractivity contribution in [1.82, 2.24) is 5.32 Å². The summed E-state index contributed by atoms with van der Waals surface area (Å²) in [6.07, 6.45) is 3.87. The summed E-state index contributed by atoms with van der Waals surface area (Å²) >= 11 is 0. The minimum atomic E-state index is -0.505. The Balaban J connectivity index is 2.35. The van der Waals surface area contributed by atoms with Crippen LogP contribution in [-0.2, 0) is 9.59 Å². The van der Waals surface area contributed by atoms with Crippen molar-refractivity contribution in [2.75, 3.05) is 13.1 Å². The van der Waals surface area contributed by atoms with Crippen molar-refractivity contribution in [3.05, 3.63) is 0 Å². The molecule has 1 aliphatic rings. The predicted octanol–water partition coefficient (Wildman–Crippen LogP) is -0.647. The number of carbonyl (C=O) groups excluding carboxylic acids is 2. The van der Waals surface area contributed by atoms with Crippen molar-refractivity contribution in [1.29, 1.82) is 0 Å². The number of amides is 2. The summed E-state index contributed by atoms with van der Waals surface area (Å²) in [6.45, 7) is 0.572. The Bertz CT molecular complexity index is 243. The maximum atomic E-state index is 11.6. The molecule has 0 heterocycles. The average molecular weight is 213 g/mol. The molecule has 2 amide bonds. The monoisotopic (exact) mass is 213 g/mol. The molecule has 2 atom stereocenters. The van der Waals surface area contributed by atoms with Gasteiger partial charge in [-0.25, -0.2) is 0 Å². The molecule has 1 aliphatic carbocycles. The highest BCUT2D eigenvalue weighted by Crippen LogP contribution is 2.28. The van der Waals surface area contributed by atoms with E-state index in [1.807, 2.05) is 0 Å². The molecule has 1 saturated carbocycles. The van der Waals surface area contributed by atoms with Crippen molar-refractivity contribution in [3.8, 4) is 0 Å². The maximum absolute atomic E-state index is 11.6. The lowest BCUT2D eigenvalue weighted by atomic mass is 9.81. The van der Waals surface area contributed by atoms with Gasteiger partial charge in [0, 0.05) is 5.92 Å². The van der Waals surface area contributed by atoms with Crippen molar-refractivity contribution < 1.29 is 9.59 Å². The molecule has 1 fully saturated rings. The molecular formula is C10H19N3O2. The molecule has 0 aromatic rings. The number of rotatable bonds is 4. The van der Waals surface area contributed by atoms with E-state index in [1.165, 1.54) is 0 Å². The SMILES string of the molecule is NCC1CCCC(C(=O)NCC(N)=O)C1. The quantitative estimate of drug-likeness (QED) is 0.579. The molecular weight excluding hydrogens is 194 g/mol. The summed E-state index contributed by atoms with van der Waals surface area (Å²) in [5, 5.41) is 2.54. The van der Waals surface area contributed by atoms with Crippen LogP contribution < -0.4 is 16.8 Å². The van der Waals surface area contributed by atoms with Gasteiger partial charge in [0.25, 0.3) is 0 Å². The van der Waals surface area contributed by atoms with Gasteiger partial charge in [-0.15, -0.1) is 0 Å².